The number of thiazole rings is 1. The normalized spacial score (nSPS) is 11.9. The third-order valence-corrected chi connectivity index (χ3v) is 4.60. The maximum Gasteiger partial charge on any atom is 0.167 e. The molecule has 1 atom stereocenters. The molecule has 0 spiro atoms. The molecule has 2 heterocycles. The largest absolute Gasteiger partial charge is 0.297 e. The van der Waals surface area contributed by atoms with E-state index in [9.17, 15) is 10.1 Å². The molecule has 0 radical (unpaired) electrons. The summed E-state index contributed by atoms with van der Waals surface area (Å²) >= 11 is 2.67. The number of hydrogen-bond donors (Lipinski definition) is 0. The van der Waals surface area contributed by atoms with Crippen LogP contribution in [0.15, 0.2) is 16.5 Å². The van der Waals surface area contributed by atoms with Gasteiger partial charge in [0.05, 0.1) is 11.8 Å². The molecule has 0 aromatic carbocycles. The summed E-state index contributed by atoms with van der Waals surface area (Å²) in [4.78, 5) is 24.9. The average Bonchev–Trinajstić information content (AvgIpc) is 2.82. The summed E-state index contributed by atoms with van der Waals surface area (Å²) in [7, 11) is 0. The number of rotatable bonds is 5. The maximum atomic E-state index is 12.2. The predicted molar refractivity (Wildman–Crippen MR) is 82.4 cm³/mol. The highest BCUT2D eigenvalue weighted by Crippen LogP contribution is 2.24. The van der Waals surface area contributed by atoms with Gasteiger partial charge in [-0.1, -0.05) is 11.8 Å². The first-order valence-corrected chi connectivity index (χ1v) is 8.15. The molecule has 0 saturated heterocycles. The third-order valence-electron chi connectivity index (χ3n) is 2.64. The number of thioether (sulfide) groups is 1. The molecule has 2 aromatic heterocycles. The molecule has 0 bridgehead atoms. The van der Waals surface area contributed by atoms with Gasteiger partial charge in [0, 0.05) is 16.8 Å². The van der Waals surface area contributed by atoms with Crippen LogP contribution in [0.5, 0.6) is 0 Å². The number of nitriles is 1. The summed E-state index contributed by atoms with van der Waals surface area (Å²) in [5.74, 6) is -0.0597. The van der Waals surface area contributed by atoms with E-state index >= 15 is 0 Å². The van der Waals surface area contributed by atoms with E-state index in [2.05, 4.69) is 15.0 Å². The van der Waals surface area contributed by atoms with E-state index in [-0.39, 0.29) is 11.5 Å². The van der Waals surface area contributed by atoms with Gasteiger partial charge in [0.2, 0.25) is 0 Å². The summed E-state index contributed by atoms with van der Waals surface area (Å²) < 4.78 is 0. The van der Waals surface area contributed by atoms with Crippen molar-refractivity contribution < 1.29 is 4.79 Å². The monoisotopic (exact) mass is 318 g/mol. The van der Waals surface area contributed by atoms with Gasteiger partial charge in [-0.25, -0.2) is 15.0 Å². The number of aryl methyl sites for hydroxylation is 3. The molecule has 2 aromatic rings. The molecule has 2 rings (SSSR count). The van der Waals surface area contributed by atoms with Crippen LogP contribution in [0.3, 0.4) is 0 Å². The SMILES string of the molecule is Cc1cc(SCC(=O)C(C#N)c2nc(C)cs2)nc(C)n1. The molecule has 1 unspecified atom stereocenters. The summed E-state index contributed by atoms with van der Waals surface area (Å²) in [6.07, 6.45) is 0. The fourth-order valence-electron chi connectivity index (χ4n) is 1.75. The van der Waals surface area contributed by atoms with Gasteiger partial charge in [-0.3, -0.25) is 4.79 Å². The topological polar surface area (TPSA) is 79.5 Å². The van der Waals surface area contributed by atoms with Gasteiger partial charge in [0.25, 0.3) is 0 Å². The first-order chi connectivity index (χ1) is 9.99. The van der Waals surface area contributed by atoms with Crippen LogP contribution in [0.2, 0.25) is 0 Å². The van der Waals surface area contributed by atoms with Crippen LogP contribution >= 0.6 is 23.1 Å². The molecule has 7 heteroatoms. The maximum absolute atomic E-state index is 12.2. The fourth-order valence-corrected chi connectivity index (χ4v) is 3.52. The number of carbonyl (C=O) groups is 1. The van der Waals surface area contributed by atoms with Gasteiger partial charge in [-0.2, -0.15) is 5.26 Å². The molecule has 0 aliphatic carbocycles. The molecule has 0 fully saturated rings. The standard InChI is InChI=1S/C14H14N4OS2/c1-8-4-13(18-10(3)16-8)20-7-12(19)11(5-15)14-17-9(2)6-21-14/h4,6,11H,7H2,1-3H3. The second kappa shape index (κ2) is 6.78. The molecule has 21 heavy (non-hydrogen) atoms. The second-order valence-electron chi connectivity index (χ2n) is 4.54. The molecular weight excluding hydrogens is 304 g/mol. The zero-order valence-electron chi connectivity index (χ0n) is 12.0. The Hall–Kier alpha value is -1.78. The van der Waals surface area contributed by atoms with Crippen molar-refractivity contribution in [3.8, 4) is 6.07 Å². The van der Waals surface area contributed by atoms with E-state index in [4.69, 9.17) is 0 Å². The van der Waals surface area contributed by atoms with Crippen molar-refractivity contribution in [2.75, 3.05) is 5.75 Å². The van der Waals surface area contributed by atoms with Gasteiger partial charge < -0.3 is 0 Å². The van der Waals surface area contributed by atoms with Crippen LogP contribution in [0, 0.1) is 32.1 Å². The Bertz CT molecular complexity index is 685. The lowest BCUT2D eigenvalue weighted by Crippen LogP contribution is -2.13. The summed E-state index contributed by atoms with van der Waals surface area (Å²) in [5.41, 5.74) is 1.70. The zero-order valence-corrected chi connectivity index (χ0v) is 13.6. The lowest BCUT2D eigenvalue weighted by molar-refractivity contribution is -0.116. The Labute approximate surface area is 131 Å². The first kappa shape index (κ1) is 15.6. The second-order valence-corrected chi connectivity index (χ2v) is 6.42. The Morgan fingerprint density at radius 3 is 2.67 bits per heavy atom. The van der Waals surface area contributed by atoms with Gasteiger partial charge >= 0.3 is 0 Å². The minimum atomic E-state index is -0.791. The number of Topliss-reactive ketones (excluding diaryl/α,β-unsaturated/α-hetero) is 1. The van der Waals surface area contributed by atoms with E-state index in [0.29, 0.717) is 10.8 Å². The van der Waals surface area contributed by atoms with Gasteiger partial charge in [-0.15, -0.1) is 11.3 Å². The van der Waals surface area contributed by atoms with Crippen molar-refractivity contribution in [1.82, 2.24) is 15.0 Å². The van der Waals surface area contributed by atoms with Crippen molar-refractivity contribution in [3.63, 3.8) is 0 Å². The number of aromatic nitrogens is 3. The molecule has 0 aliphatic heterocycles. The Kier molecular flexibility index (Phi) is 5.04. The number of nitrogens with zero attached hydrogens (tertiary/aromatic N) is 4. The first-order valence-electron chi connectivity index (χ1n) is 6.29. The van der Waals surface area contributed by atoms with E-state index < -0.39 is 5.92 Å². The quantitative estimate of drug-likeness (QED) is 0.623. The minimum Gasteiger partial charge on any atom is -0.297 e. The van der Waals surface area contributed by atoms with E-state index in [1.807, 2.05) is 38.3 Å². The smallest absolute Gasteiger partial charge is 0.167 e. The zero-order chi connectivity index (χ0) is 15.4. The van der Waals surface area contributed by atoms with Crippen molar-refractivity contribution in [2.45, 2.75) is 31.7 Å². The van der Waals surface area contributed by atoms with Crippen molar-refractivity contribution >= 4 is 28.9 Å². The Balaban J connectivity index is 2.05. The summed E-state index contributed by atoms with van der Waals surface area (Å²) in [6, 6.07) is 3.88. The van der Waals surface area contributed by atoms with Crippen molar-refractivity contribution in [3.05, 3.63) is 33.7 Å². The molecule has 108 valence electrons. The molecule has 0 N–H and O–H groups in total. The van der Waals surface area contributed by atoms with E-state index in [1.54, 1.807) is 0 Å². The van der Waals surface area contributed by atoms with Gasteiger partial charge in [0.15, 0.2) is 11.7 Å². The molecule has 0 amide bonds. The molecule has 0 aliphatic rings. The highest BCUT2D eigenvalue weighted by atomic mass is 32.2. The highest BCUT2D eigenvalue weighted by Gasteiger charge is 2.23. The van der Waals surface area contributed by atoms with Gasteiger partial charge in [0.1, 0.15) is 15.9 Å². The summed E-state index contributed by atoms with van der Waals surface area (Å²) in [6.45, 7) is 5.55. The van der Waals surface area contributed by atoms with Crippen molar-refractivity contribution in [2.24, 2.45) is 0 Å². The Morgan fingerprint density at radius 2 is 2.10 bits per heavy atom. The molecule has 5 nitrogen and oxygen atoms in total. The number of ketones is 1. The van der Waals surface area contributed by atoms with E-state index in [0.717, 1.165) is 16.4 Å². The van der Waals surface area contributed by atoms with Gasteiger partial charge in [-0.05, 0) is 26.8 Å². The van der Waals surface area contributed by atoms with Crippen LogP contribution in [-0.2, 0) is 4.79 Å². The average molecular weight is 318 g/mol. The molecular formula is C14H14N4OS2. The lowest BCUT2D eigenvalue weighted by Gasteiger charge is -2.05. The van der Waals surface area contributed by atoms with Crippen LogP contribution in [-0.4, -0.2) is 26.5 Å². The Morgan fingerprint density at radius 1 is 1.33 bits per heavy atom. The highest BCUT2D eigenvalue weighted by molar-refractivity contribution is 7.99. The minimum absolute atomic E-state index is 0.147. The number of carbonyl (C=O) groups excluding carboxylic acids is 1. The fraction of sp³-hybridized carbons (Fsp3) is 0.357. The predicted octanol–water partition coefficient (Wildman–Crippen LogP) is 2.83. The summed E-state index contributed by atoms with van der Waals surface area (Å²) in [5, 5.41) is 12.4. The van der Waals surface area contributed by atoms with Crippen LogP contribution in [0.25, 0.3) is 0 Å². The molecule has 0 saturated carbocycles. The van der Waals surface area contributed by atoms with Crippen LogP contribution < -0.4 is 0 Å². The van der Waals surface area contributed by atoms with Crippen LogP contribution in [0.4, 0.5) is 0 Å². The van der Waals surface area contributed by atoms with Crippen LogP contribution in [0.1, 0.15) is 28.1 Å². The van der Waals surface area contributed by atoms with E-state index in [1.165, 1.54) is 23.1 Å². The number of hydrogen-bond acceptors (Lipinski definition) is 7. The lowest BCUT2D eigenvalue weighted by atomic mass is 10.1. The third kappa shape index (κ3) is 4.09. The van der Waals surface area contributed by atoms with Crippen molar-refractivity contribution in [1.29, 1.82) is 5.26 Å².